The molecule has 0 radical (unpaired) electrons. The zero-order chi connectivity index (χ0) is 23.5. The van der Waals surface area contributed by atoms with Gasteiger partial charge in [-0.2, -0.15) is 4.31 Å². The molecule has 11 nitrogen and oxygen atoms in total. The maximum absolute atomic E-state index is 12.9. The fraction of sp³-hybridized carbons (Fsp3) is 0.333. The van der Waals surface area contributed by atoms with Gasteiger partial charge >= 0.3 is 0 Å². The number of carbonyl (C=O) groups is 2. The van der Waals surface area contributed by atoms with E-state index in [-0.39, 0.29) is 55.7 Å². The molecule has 1 fully saturated rings. The number of benzene rings is 1. The third kappa shape index (κ3) is 5.32. The number of nitrogens with one attached hydrogen (secondary N) is 1. The van der Waals surface area contributed by atoms with E-state index in [0.717, 1.165) is 34.6 Å². The van der Waals surface area contributed by atoms with Crippen LogP contribution in [0.3, 0.4) is 0 Å². The Morgan fingerprint density at radius 2 is 1.62 bits per heavy atom. The van der Waals surface area contributed by atoms with Gasteiger partial charge in [0.25, 0.3) is 15.9 Å². The predicted octanol–water partition coefficient (Wildman–Crippen LogP) is -0.281. The lowest BCUT2D eigenvalue weighted by molar-refractivity contribution is -0.132. The Bertz CT molecular complexity index is 1200. The molecular weight excluding hydrogens is 467 g/mol. The van der Waals surface area contributed by atoms with Crippen LogP contribution in [0.4, 0.5) is 4.39 Å². The number of halogens is 1. The van der Waals surface area contributed by atoms with Gasteiger partial charge in [-0.05, 0) is 36.4 Å². The number of sulfonamides is 2. The van der Waals surface area contributed by atoms with Crippen molar-refractivity contribution < 1.29 is 35.2 Å². The fourth-order valence-electron chi connectivity index (χ4n) is 3.04. The van der Waals surface area contributed by atoms with Crippen LogP contribution in [0.5, 0.6) is 0 Å². The summed E-state index contributed by atoms with van der Waals surface area (Å²) in [6.07, 6.45) is -0.132. The first-order valence-corrected chi connectivity index (χ1v) is 12.4. The summed E-state index contributed by atoms with van der Waals surface area (Å²) in [6.45, 7) is 0.0433. The van der Waals surface area contributed by atoms with Gasteiger partial charge in [-0.25, -0.2) is 25.9 Å². The van der Waals surface area contributed by atoms with Crippen LogP contribution in [-0.2, 0) is 24.8 Å². The SMILES string of the molecule is NC(=O)c1ccc(S(=O)(=O)N2CCN(C(=O)CCNS(=O)(=O)c3ccc(F)cc3)CC2)o1. The van der Waals surface area contributed by atoms with Gasteiger partial charge in [-0.3, -0.25) is 9.59 Å². The number of primary amides is 1. The molecule has 1 aliphatic rings. The molecule has 1 aromatic heterocycles. The third-order valence-corrected chi connectivity index (χ3v) is 8.01. The molecule has 14 heteroatoms. The number of furan rings is 1. The van der Waals surface area contributed by atoms with Gasteiger partial charge in [0.15, 0.2) is 5.76 Å². The Morgan fingerprint density at radius 3 is 2.19 bits per heavy atom. The molecule has 0 spiro atoms. The number of rotatable bonds is 8. The minimum atomic E-state index is -3.99. The highest BCUT2D eigenvalue weighted by atomic mass is 32.2. The topological polar surface area (TPSA) is 160 Å². The molecule has 0 bridgehead atoms. The lowest BCUT2D eigenvalue weighted by Gasteiger charge is -2.33. The van der Waals surface area contributed by atoms with Gasteiger partial charge in [-0.1, -0.05) is 0 Å². The second-order valence-corrected chi connectivity index (χ2v) is 10.5. The van der Waals surface area contributed by atoms with E-state index in [0.29, 0.717) is 0 Å². The van der Waals surface area contributed by atoms with Gasteiger partial charge in [-0.15, -0.1) is 0 Å². The number of hydrogen-bond donors (Lipinski definition) is 2. The van der Waals surface area contributed by atoms with Crippen molar-refractivity contribution in [2.45, 2.75) is 16.4 Å². The largest absolute Gasteiger partial charge is 0.438 e. The Hall–Kier alpha value is -2.81. The average molecular weight is 489 g/mol. The minimum absolute atomic E-state index is 0.00197. The monoisotopic (exact) mass is 488 g/mol. The van der Waals surface area contributed by atoms with Crippen LogP contribution in [0.1, 0.15) is 17.0 Å². The molecule has 174 valence electrons. The highest BCUT2D eigenvalue weighted by molar-refractivity contribution is 7.89. The lowest BCUT2D eigenvalue weighted by Crippen LogP contribution is -2.50. The number of piperazine rings is 1. The van der Waals surface area contributed by atoms with Crippen molar-refractivity contribution in [3.05, 3.63) is 48.0 Å². The second-order valence-electron chi connectivity index (χ2n) is 6.87. The van der Waals surface area contributed by atoms with Crippen molar-refractivity contribution in [3.8, 4) is 0 Å². The van der Waals surface area contributed by atoms with Gasteiger partial charge in [0.2, 0.25) is 21.0 Å². The van der Waals surface area contributed by atoms with Gasteiger partial charge in [0.1, 0.15) is 5.82 Å². The maximum Gasteiger partial charge on any atom is 0.284 e. The summed E-state index contributed by atoms with van der Waals surface area (Å²) >= 11 is 0. The summed E-state index contributed by atoms with van der Waals surface area (Å²) in [4.78, 5) is 24.8. The molecule has 1 aliphatic heterocycles. The van der Waals surface area contributed by atoms with Gasteiger partial charge in [0, 0.05) is 39.1 Å². The fourth-order valence-corrected chi connectivity index (χ4v) is 5.41. The molecule has 2 amide bonds. The molecule has 0 unspecified atom stereocenters. The second kappa shape index (κ2) is 9.36. The van der Waals surface area contributed by atoms with Crippen LogP contribution >= 0.6 is 0 Å². The van der Waals surface area contributed by atoms with E-state index in [1.54, 1.807) is 0 Å². The molecule has 32 heavy (non-hydrogen) atoms. The highest BCUT2D eigenvalue weighted by Gasteiger charge is 2.32. The molecular formula is C18H21FN4O7S2. The number of carbonyl (C=O) groups excluding carboxylic acids is 2. The molecule has 0 saturated carbocycles. The summed E-state index contributed by atoms with van der Waals surface area (Å²) in [5.74, 6) is -2.09. The molecule has 0 aliphatic carbocycles. The molecule has 2 aromatic rings. The zero-order valence-electron chi connectivity index (χ0n) is 16.7. The van der Waals surface area contributed by atoms with Gasteiger partial charge in [0.05, 0.1) is 4.90 Å². The summed E-state index contributed by atoms with van der Waals surface area (Å²) in [7, 11) is -7.88. The molecule has 3 N–H and O–H groups in total. The Balaban J connectivity index is 1.50. The highest BCUT2D eigenvalue weighted by Crippen LogP contribution is 2.20. The van der Waals surface area contributed by atoms with Crippen LogP contribution in [0.15, 0.2) is 50.8 Å². The van der Waals surface area contributed by atoms with E-state index in [4.69, 9.17) is 10.2 Å². The van der Waals surface area contributed by atoms with Crippen LogP contribution in [0.25, 0.3) is 0 Å². The molecule has 1 aromatic carbocycles. The normalized spacial score (nSPS) is 15.6. The Labute approximate surface area is 184 Å². The van der Waals surface area contributed by atoms with Crippen molar-refractivity contribution in [1.29, 1.82) is 0 Å². The molecule has 2 heterocycles. The van der Waals surface area contributed by atoms with Crippen LogP contribution in [0, 0.1) is 5.82 Å². The first kappa shape index (κ1) is 23.8. The average Bonchev–Trinajstić information content (AvgIpc) is 3.25. The third-order valence-electron chi connectivity index (χ3n) is 4.76. The number of nitrogens with zero attached hydrogens (tertiary/aromatic N) is 2. The Kier molecular flexibility index (Phi) is 6.97. The number of amides is 2. The maximum atomic E-state index is 12.9. The molecule has 0 atom stereocenters. The molecule has 1 saturated heterocycles. The van der Waals surface area contributed by atoms with Crippen molar-refractivity contribution in [1.82, 2.24) is 13.9 Å². The van der Waals surface area contributed by atoms with E-state index >= 15 is 0 Å². The summed E-state index contributed by atoms with van der Waals surface area (Å²) in [5.41, 5.74) is 5.06. The van der Waals surface area contributed by atoms with E-state index in [2.05, 4.69) is 4.72 Å². The lowest BCUT2D eigenvalue weighted by atomic mass is 10.3. The van der Waals surface area contributed by atoms with Crippen LogP contribution in [0.2, 0.25) is 0 Å². The van der Waals surface area contributed by atoms with Crippen molar-refractivity contribution in [2.75, 3.05) is 32.7 Å². The summed E-state index contributed by atoms with van der Waals surface area (Å²) in [5, 5.41) is -0.415. The molecule has 3 rings (SSSR count). The quantitative estimate of drug-likeness (QED) is 0.517. The predicted molar refractivity (Wildman–Crippen MR) is 109 cm³/mol. The number of nitrogens with two attached hydrogens (primary N) is 1. The van der Waals surface area contributed by atoms with E-state index in [1.807, 2.05) is 0 Å². The Morgan fingerprint density at radius 1 is 1.00 bits per heavy atom. The smallest absolute Gasteiger partial charge is 0.284 e. The van der Waals surface area contributed by atoms with Crippen LogP contribution in [-0.4, -0.2) is 70.6 Å². The summed E-state index contributed by atoms with van der Waals surface area (Å²) < 4.78 is 70.9. The standard InChI is InChI=1S/C18H21FN4O7S2/c19-13-1-3-14(4-2-13)31(26,27)21-8-7-16(24)22-9-11-23(12-10-22)32(28,29)17-6-5-15(30-17)18(20)25/h1-6,21H,7-12H2,(H2,20,25). The van der Waals surface area contributed by atoms with Crippen molar-refractivity contribution in [2.24, 2.45) is 5.73 Å². The van der Waals surface area contributed by atoms with Crippen molar-refractivity contribution >= 4 is 31.9 Å². The summed E-state index contributed by atoms with van der Waals surface area (Å²) in [6, 6.07) is 6.58. The first-order valence-electron chi connectivity index (χ1n) is 9.43. The van der Waals surface area contributed by atoms with Crippen molar-refractivity contribution in [3.63, 3.8) is 0 Å². The van der Waals surface area contributed by atoms with E-state index in [9.17, 15) is 30.8 Å². The first-order chi connectivity index (χ1) is 15.0. The van der Waals surface area contributed by atoms with Crippen LogP contribution < -0.4 is 10.5 Å². The van der Waals surface area contributed by atoms with E-state index < -0.39 is 36.9 Å². The zero-order valence-corrected chi connectivity index (χ0v) is 18.4. The van der Waals surface area contributed by atoms with Gasteiger partial charge < -0.3 is 15.1 Å². The number of hydrogen-bond acceptors (Lipinski definition) is 7. The minimum Gasteiger partial charge on any atom is -0.438 e. The van der Waals surface area contributed by atoms with E-state index in [1.165, 1.54) is 11.0 Å².